The quantitative estimate of drug-likeness (QED) is 0.773. The molecule has 0 aromatic heterocycles. The molecule has 6 nitrogen and oxygen atoms in total. The van der Waals surface area contributed by atoms with E-state index < -0.39 is 18.0 Å². The molecule has 2 rings (SSSR count). The van der Waals surface area contributed by atoms with E-state index in [1.165, 1.54) is 14.0 Å². The van der Waals surface area contributed by atoms with E-state index in [2.05, 4.69) is 10.1 Å². The summed E-state index contributed by atoms with van der Waals surface area (Å²) in [6, 6.07) is 15.4. The summed E-state index contributed by atoms with van der Waals surface area (Å²) in [5.74, 6) is -1.07. The summed E-state index contributed by atoms with van der Waals surface area (Å²) in [4.78, 5) is 34.9. The van der Waals surface area contributed by atoms with Crippen molar-refractivity contribution >= 4 is 17.8 Å². The topological polar surface area (TPSA) is 81.7 Å². The minimum atomic E-state index is -0.442. The number of carbonyl (C=O) groups is 3. The molecule has 0 unspecified atom stereocenters. The predicted octanol–water partition coefficient (Wildman–Crippen LogP) is 2.78. The van der Waals surface area contributed by atoms with Gasteiger partial charge in [-0.3, -0.25) is 9.59 Å². The fraction of sp³-hybridized carbons (Fsp3) is 0.250. The van der Waals surface area contributed by atoms with Crippen molar-refractivity contribution in [3.63, 3.8) is 0 Å². The van der Waals surface area contributed by atoms with Gasteiger partial charge < -0.3 is 14.8 Å². The minimum absolute atomic E-state index is 0.0316. The monoisotopic (exact) mass is 355 g/mol. The van der Waals surface area contributed by atoms with Gasteiger partial charge in [-0.25, -0.2) is 4.79 Å². The van der Waals surface area contributed by atoms with Crippen LogP contribution in [0.3, 0.4) is 0 Å². The van der Waals surface area contributed by atoms with Gasteiger partial charge in [-0.1, -0.05) is 42.5 Å². The molecule has 0 saturated carbocycles. The molecule has 2 aromatic carbocycles. The molecule has 1 N–H and O–H groups in total. The van der Waals surface area contributed by atoms with Crippen LogP contribution in [0.25, 0.3) is 0 Å². The van der Waals surface area contributed by atoms with Crippen molar-refractivity contribution in [3.8, 4) is 0 Å². The molecule has 0 saturated heterocycles. The molecule has 1 atom stereocenters. The molecule has 0 bridgehead atoms. The van der Waals surface area contributed by atoms with Crippen LogP contribution in [0.1, 0.15) is 40.9 Å². The van der Waals surface area contributed by atoms with Gasteiger partial charge in [0.25, 0.3) is 0 Å². The van der Waals surface area contributed by atoms with Gasteiger partial charge in [-0.15, -0.1) is 0 Å². The summed E-state index contributed by atoms with van der Waals surface area (Å²) in [5, 5.41) is 2.76. The van der Waals surface area contributed by atoms with Crippen molar-refractivity contribution in [3.05, 3.63) is 71.3 Å². The maximum Gasteiger partial charge on any atom is 0.337 e. The molecule has 0 aliphatic rings. The van der Waals surface area contributed by atoms with Crippen molar-refractivity contribution in [2.45, 2.75) is 26.0 Å². The Balaban J connectivity index is 1.93. The molecule has 0 fully saturated rings. The Morgan fingerprint density at radius 2 is 1.65 bits per heavy atom. The molecule has 136 valence electrons. The number of methoxy groups -OCH3 is 1. The van der Waals surface area contributed by atoms with Crippen LogP contribution in [0.2, 0.25) is 0 Å². The standard InChI is InChI=1S/C20H21NO5/c1-14(22)21-18(16-6-4-3-5-7-16)12-19(23)26-13-15-8-10-17(11-9-15)20(24)25-2/h3-11,18H,12-13H2,1-2H3,(H,21,22)/t18-/m0/s1. The lowest BCUT2D eigenvalue weighted by Gasteiger charge is -2.17. The number of hydrogen-bond acceptors (Lipinski definition) is 5. The molecule has 0 heterocycles. The van der Waals surface area contributed by atoms with Crippen LogP contribution in [-0.2, 0) is 25.7 Å². The van der Waals surface area contributed by atoms with E-state index >= 15 is 0 Å². The van der Waals surface area contributed by atoms with E-state index in [1.807, 2.05) is 30.3 Å². The zero-order chi connectivity index (χ0) is 18.9. The molecule has 1 amide bonds. The normalized spacial score (nSPS) is 11.3. The summed E-state index contributed by atoms with van der Waals surface area (Å²) in [5.41, 5.74) is 2.02. The highest BCUT2D eigenvalue weighted by Gasteiger charge is 2.18. The van der Waals surface area contributed by atoms with Gasteiger partial charge in [-0.2, -0.15) is 0 Å². The predicted molar refractivity (Wildman–Crippen MR) is 95.2 cm³/mol. The zero-order valence-corrected chi connectivity index (χ0v) is 14.7. The summed E-state index contributed by atoms with van der Waals surface area (Å²) in [6.07, 6.45) is 0.0316. The molecule has 0 radical (unpaired) electrons. The van der Waals surface area contributed by atoms with Gasteiger partial charge in [0.15, 0.2) is 0 Å². The SMILES string of the molecule is COC(=O)c1ccc(COC(=O)C[C@H](NC(C)=O)c2ccccc2)cc1. The lowest BCUT2D eigenvalue weighted by molar-refractivity contribution is -0.145. The van der Waals surface area contributed by atoms with Crippen LogP contribution in [0.15, 0.2) is 54.6 Å². The third-order valence-electron chi connectivity index (χ3n) is 3.73. The van der Waals surface area contributed by atoms with E-state index in [0.717, 1.165) is 11.1 Å². The van der Waals surface area contributed by atoms with Gasteiger partial charge in [0.2, 0.25) is 5.91 Å². The number of carbonyl (C=O) groups excluding carboxylic acids is 3. The van der Waals surface area contributed by atoms with Crippen molar-refractivity contribution in [2.75, 3.05) is 7.11 Å². The molecule has 0 aliphatic carbocycles. The van der Waals surface area contributed by atoms with E-state index in [0.29, 0.717) is 5.56 Å². The number of hydrogen-bond donors (Lipinski definition) is 1. The Hall–Kier alpha value is -3.15. The van der Waals surface area contributed by atoms with Crippen molar-refractivity contribution < 1.29 is 23.9 Å². The number of nitrogens with one attached hydrogen (secondary N) is 1. The Morgan fingerprint density at radius 1 is 1.00 bits per heavy atom. The first-order valence-corrected chi connectivity index (χ1v) is 8.14. The van der Waals surface area contributed by atoms with Crippen LogP contribution in [0.5, 0.6) is 0 Å². The summed E-state index contributed by atoms with van der Waals surface area (Å²) in [7, 11) is 1.32. The first-order valence-electron chi connectivity index (χ1n) is 8.14. The number of esters is 2. The van der Waals surface area contributed by atoms with Crippen LogP contribution in [-0.4, -0.2) is 25.0 Å². The van der Waals surface area contributed by atoms with Crippen LogP contribution >= 0.6 is 0 Å². The van der Waals surface area contributed by atoms with Crippen molar-refractivity contribution in [1.29, 1.82) is 0 Å². The van der Waals surface area contributed by atoms with E-state index in [1.54, 1.807) is 24.3 Å². The second kappa shape index (κ2) is 9.36. The number of amides is 1. The highest BCUT2D eigenvalue weighted by molar-refractivity contribution is 5.89. The molecule has 0 aliphatic heterocycles. The Kier molecular flexibility index (Phi) is 6.91. The van der Waals surface area contributed by atoms with Gasteiger partial charge in [0.1, 0.15) is 6.61 Å². The number of benzene rings is 2. The van der Waals surface area contributed by atoms with Gasteiger partial charge in [0.05, 0.1) is 25.1 Å². The summed E-state index contributed by atoms with van der Waals surface area (Å²) < 4.78 is 9.91. The van der Waals surface area contributed by atoms with E-state index in [9.17, 15) is 14.4 Å². The largest absolute Gasteiger partial charge is 0.465 e. The van der Waals surface area contributed by atoms with E-state index in [4.69, 9.17) is 4.74 Å². The fourth-order valence-corrected chi connectivity index (χ4v) is 2.43. The second-order valence-electron chi connectivity index (χ2n) is 5.72. The van der Waals surface area contributed by atoms with Crippen LogP contribution < -0.4 is 5.32 Å². The molecule has 0 spiro atoms. The smallest absolute Gasteiger partial charge is 0.337 e. The van der Waals surface area contributed by atoms with Gasteiger partial charge in [-0.05, 0) is 23.3 Å². The lowest BCUT2D eigenvalue weighted by Crippen LogP contribution is -2.28. The summed E-state index contributed by atoms with van der Waals surface area (Å²) in [6.45, 7) is 1.49. The molecule has 26 heavy (non-hydrogen) atoms. The maximum atomic E-state index is 12.2. The first-order chi connectivity index (χ1) is 12.5. The second-order valence-corrected chi connectivity index (χ2v) is 5.72. The van der Waals surface area contributed by atoms with Crippen molar-refractivity contribution in [1.82, 2.24) is 5.32 Å². The fourth-order valence-electron chi connectivity index (χ4n) is 2.43. The van der Waals surface area contributed by atoms with Gasteiger partial charge in [0, 0.05) is 6.92 Å². The third-order valence-corrected chi connectivity index (χ3v) is 3.73. The van der Waals surface area contributed by atoms with Crippen LogP contribution in [0, 0.1) is 0 Å². The van der Waals surface area contributed by atoms with Crippen molar-refractivity contribution in [2.24, 2.45) is 0 Å². The number of ether oxygens (including phenoxy) is 2. The van der Waals surface area contributed by atoms with Crippen LogP contribution in [0.4, 0.5) is 0 Å². The average molecular weight is 355 g/mol. The Bertz CT molecular complexity index is 756. The minimum Gasteiger partial charge on any atom is -0.465 e. The first kappa shape index (κ1) is 19.2. The zero-order valence-electron chi connectivity index (χ0n) is 14.7. The third kappa shape index (κ3) is 5.73. The summed E-state index contributed by atoms with van der Waals surface area (Å²) >= 11 is 0. The number of rotatable bonds is 7. The average Bonchev–Trinajstić information content (AvgIpc) is 2.66. The van der Waals surface area contributed by atoms with E-state index in [-0.39, 0.29) is 18.9 Å². The highest BCUT2D eigenvalue weighted by Crippen LogP contribution is 2.18. The molecule has 6 heteroatoms. The Morgan fingerprint density at radius 3 is 2.23 bits per heavy atom. The maximum absolute atomic E-state index is 12.2. The lowest BCUT2D eigenvalue weighted by atomic mass is 10.0. The Labute approximate surface area is 152 Å². The molecular weight excluding hydrogens is 334 g/mol. The molecule has 2 aromatic rings. The highest BCUT2D eigenvalue weighted by atomic mass is 16.5. The molecular formula is C20H21NO5. The van der Waals surface area contributed by atoms with Gasteiger partial charge >= 0.3 is 11.9 Å².